The van der Waals surface area contributed by atoms with Gasteiger partial charge in [0.1, 0.15) is 0 Å². The number of hydrogen-bond donors (Lipinski definition) is 1. The Hall–Kier alpha value is -1.14. The zero-order valence-electron chi connectivity index (χ0n) is 10.5. The molecule has 0 aliphatic heterocycles. The van der Waals surface area contributed by atoms with Crippen LogP contribution in [-0.4, -0.2) is 20.8 Å². The first-order valence-corrected chi connectivity index (χ1v) is 7.43. The van der Waals surface area contributed by atoms with E-state index >= 15 is 0 Å². The molecule has 18 heavy (non-hydrogen) atoms. The van der Waals surface area contributed by atoms with Gasteiger partial charge in [-0.3, -0.25) is 0 Å². The largest absolute Gasteiger partial charge is 0.490 e. The van der Waals surface area contributed by atoms with Crippen molar-refractivity contribution in [2.24, 2.45) is 11.1 Å². The molecule has 1 aromatic rings. The van der Waals surface area contributed by atoms with Crippen molar-refractivity contribution in [2.75, 3.05) is 12.4 Å². The number of hydrogen-bond acceptors (Lipinski definition) is 3. The van der Waals surface area contributed by atoms with E-state index in [9.17, 15) is 12.8 Å². The molecular formula is C12H18FNO3S. The summed E-state index contributed by atoms with van der Waals surface area (Å²) in [5.74, 6) is -0.664. The first-order valence-electron chi connectivity index (χ1n) is 5.72. The lowest BCUT2D eigenvalue weighted by Crippen LogP contribution is -2.26. The second-order valence-corrected chi connectivity index (χ2v) is 5.96. The van der Waals surface area contributed by atoms with Crippen LogP contribution in [0, 0.1) is 18.7 Å². The molecule has 4 nitrogen and oxygen atoms in total. The minimum atomic E-state index is -3.53. The van der Waals surface area contributed by atoms with Gasteiger partial charge in [-0.05, 0) is 25.0 Å². The molecule has 2 N–H and O–H groups in total. The van der Waals surface area contributed by atoms with Crippen LogP contribution in [-0.2, 0) is 10.0 Å². The second-order valence-electron chi connectivity index (χ2n) is 4.30. The highest BCUT2D eigenvalue weighted by atomic mass is 32.2. The van der Waals surface area contributed by atoms with Gasteiger partial charge in [0.25, 0.3) is 0 Å². The fourth-order valence-corrected chi connectivity index (χ4v) is 2.54. The van der Waals surface area contributed by atoms with Gasteiger partial charge in [0.05, 0.1) is 12.4 Å². The molecule has 6 heteroatoms. The van der Waals surface area contributed by atoms with Gasteiger partial charge in [-0.15, -0.1) is 0 Å². The summed E-state index contributed by atoms with van der Waals surface area (Å²) >= 11 is 0. The Morgan fingerprint density at radius 3 is 2.67 bits per heavy atom. The van der Waals surface area contributed by atoms with E-state index in [0.29, 0.717) is 12.0 Å². The van der Waals surface area contributed by atoms with Crippen LogP contribution in [0.25, 0.3) is 0 Å². The molecule has 1 aromatic carbocycles. The van der Waals surface area contributed by atoms with E-state index in [1.165, 1.54) is 6.07 Å². The summed E-state index contributed by atoms with van der Waals surface area (Å²) in [4.78, 5) is 0. The summed E-state index contributed by atoms with van der Waals surface area (Å²) < 4.78 is 40.9. The van der Waals surface area contributed by atoms with Gasteiger partial charge >= 0.3 is 0 Å². The van der Waals surface area contributed by atoms with Gasteiger partial charge in [0, 0.05) is 5.92 Å². The zero-order chi connectivity index (χ0) is 13.8. The Labute approximate surface area is 107 Å². The topological polar surface area (TPSA) is 69.4 Å². The first-order chi connectivity index (χ1) is 8.33. The van der Waals surface area contributed by atoms with Gasteiger partial charge in [-0.25, -0.2) is 17.9 Å². The fraction of sp³-hybridized carbons (Fsp3) is 0.500. The van der Waals surface area contributed by atoms with E-state index in [1.807, 2.05) is 6.92 Å². The smallest absolute Gasteiger partial charge is 0.209 e. The average molecular weight is 275 g/mol. The molecule has 0 saturated heterocycles. The highest BCUT2D eigenvalue weighted by Crippen LogP contribution is 2.20. The summed E-state index contributed by atoms with van der Waals surface area (Å²) in [5.41, 5.74) is 0.493. The molecule has 1 atom stereocenters. The van der Waals surface area contributed by atoms with Crippen LogP contribution < -0.4 is 9.88 Å². The van der Waals surface area contributed by atoms with Crippen molar-refractivity contribution < 1.29 is 17.5 Å². The Morgan fingerprint density at radius 1 is 1.44 bits per heavy atom. The normalized spacial score (nSPS) is 13.3. The third-order valence-corrected chi connectivity index (χ3v) is 3.61. The Balaban J connectivity index is 2.66. The highest BCUT2D eigenvalue weighted by molar-refractivity contribution is 7.89. The van der Waals surface area contributed by atoms with Crippen LogP contribution in [0.15, 0.2) is 18.2 Å². The number of sulfonamides is 1. The van der Waals surface area contributed by atoms with Gasteiger partial charge < -0.3 is 4.74 Å². The predicted molar refractivity (Wildman–Crippen MR) is 68.4 cm³/mol. The number of nitrogens with two attached hydrogens (primary N) is 1. The number of ether oxygens (including phenoxy) is 1. The number of aryl methyl sites for hydroxylation is 1. The van der Waals surface area contributed by atoms with Crippen LogP contribution >= 0.6 is 0 Å². The molecule has 0 aromatic heterocycles. The number of primary sulfonamides is 1. The van der Waals surface area contributed by atoms with Crippen LogP contribution in [0.1, 0.15) is 18.9 Å². The summed E-state index contributed by atoms with van der Waals surface area (Å²) in [6.45, 7) is 3.61. The average Bonchev–Trinajstić information content (AvgIpc) is 2.27. The molecule has 0 fully saturated rings. The Kier molecular flexibility index (Phi) is 5.10. The molecular weight excluding hydrogens is 257 g/mol. The third-order valence-electron chi connectivity index (χ3n) is 2.68. The van der Waals surface area contributed by atoms with Crippen LogP contribution in [0.4, 0.5) is 4.39 Å². The molecule has 0 aliphatic rings. The first kappa shape index (κ1) is 14.9. The molecule has 0 radical (unpaired) electrons. The van der Waals surface area contributed by atoms with Gasteiger partial charge in [-0.1, -0.05) is 19.1 Å². The molecule has 1 rings (SSSR count). The van der Waals surface area contributed by atoms with E-state index in [4.69, 9.17) is 9.88 Å². The SMILES string of the molecule is CCC(COc1cccc(C)c1F)CS(N)(=O)=O. The van der Waals surface area contributed by atoms with E-state index in [1.54, 1.807) is 19.1 Å². The fourth-order valence-electron chi connectivity index (χ4n) is 1.55. The van der Waals surface area contributed by atoms with Crippen LogP contribution in [0.5, 0.6) is 5.75 Å². The number of rotatable bonds is 6. The number of benzene rings is 1. The van der Waals surface area contributed by atoms with Crippen LogP contribution in [0.2, 0.25) is 0 Å². The minimum Gasteiger partial charge on any atom is -0.490 e. The molecule has 1 unspecified atom stereocenters. The summed E-state index contributed by atoms with van der Waals surface area (Å²) in [7, 11) is -3.53. The molecule has 0 aliphatic carbocycles. The number of halogens is 1. The third kappa shape index (κ3) is 4.62. The lowest BCUT2D eigenvalue weighted by atomic mass is 10.1. The van der Waals surface area contributed by atoms with Crippen molar-refractivity contribution in [2.45, 2.75) is 20.3 Å². The lowest BCUT2D eigenvalue weighted by molar-refractivity contribution is 0.247. The molecule has 102 valence electrons. The van der Waals surface area contributed by atoms with E-state index in [0.717, 1.165) is 0 Å². The zero-order valence-corrected chi connectivity index (χ0v) is 11.3. The Bertz CT molecular complexity index is 502. The van der Waals surface area contributed by atoms with Crippen molar-refractivity contribution in [3.63, 3.8) is 0 Å². The summed E-state index contributed by atoms with van der Waals surface area (Å²) in [6.07, 6.45) is 0.601. The monoisotopic (exact) mass is 275 g/mol. The minimum absolute atomic E-state index is 0.132. The lowest BCUT2D eigenvalue weighted by Gasteiger charge is -2.15. The van der Waals surface area contributed by atoms with E-state index in [2.05, 4.69) is 0 Å². The van der Waals surface area contributed by atoms with Crippen molar-refractivity contribution in [3.8, 4) is 5.75 Å². The predicted octanol–water partition coefficient (Wildman–Crippen LogP) is 1.83. The van der Waals surface area contributed by atoms with E-state index < -0.39 is 15.8 Å². The molecule has 0 amide bonds. The maximum absolute atomic E-state index is 13.6. The maximum atomic E-state index is 13.6. The van der Waals surface area contributed by atoms with Crippen molar-refractivity contribution in [3.05, 3.63) is 29.6 Å². The molecule has 0 heterocycles. The standard InChI is InChI=1S/C12H18FNO3S/c1-3-10(8-18(14,15)16)7-17-11-6-4-5-9(2)12(11)13/h4-6,10H,3,7-8H2,1-2H3,(H2,14,15,16). The van der Waals surface area contributed by atoms with Gasteiger partial charge in [0.15, 0.2) is 11.6 Å². The second kappa shape index (κ2) is 6.15. The molecule has 0 bridgehead atoms. The Morgan fingerprint density at radius 2 is 2.11 bits per heavy atom. The van der Waals surface area contributed by atoms with Crippen molar-refractivity contribution in [1.82, 2.24) is 0 Å². The highest BCUT2D eigenvalue weighted by Gasteiger charge is 2.16. The summed E-state index contributed by atoms with van der Waals surface area (Å²) in [6, 6.07) is 4.85. The van der Waals surface area contributed by atoms with E-state index in [-0.39, 0.29) is 24.0 Å². The van der Waals surface area contributed by atoms with Crippen molar-refractivity contribution in [1.29, 1.82) is 0 Å². The maximum Gasteiger partial charge on any atom is 0.209 e. The van der Waals surface area contributed by atoms with Crippen LogP contribution in [0.3, 0.4) is 0 Å². The van der Waals surface area contributed by atoms with Crippen molar-refractivity contribution >= 4 is 10.0 Å². The molecule has 0 saturated carbocycles. The van der Waals surface area contributed by atoms with Gasteiger partial charge in [0.2, 0.25) is 10.0 Å². The molecule has 0 spiro atoms. The van der Waals surface area contributed by atoms with Gasteiger partial charge in [-0.2, -0.15) is 0 Å². The quantitative estimate of drug-likeness (QED) is 0.861. The summed E-state index contributed by atoms with van der Waals surface area (Å²) in [5, 5.41) is 4.98.